The Kier molecular flexibility index (Phi) is 4.70. The molecule has 0 radical (unpaired) electrons. The standard InChI is InChI=1S/C13H15N5O.ClH/c19-13(16-7-10-5-14-6-10)11-1-3-12(4-2-11)18-9-15-8-17-18;/h1-4,8-10,14H,5-7H2,(H,16,19);1H. The molecule has 1 fully saturated rings. The molecule has 0 aliphatic carbocycles. The highest BCUT2D eigenvalue weighted by Crippen LogP contribution is 2.08. The van der Waals surface area contributed by atoms with Crippen LogP contribution in [0.25, 0.3) is 5.69 Å². The van der Waals surface area contributed by atoms with Gasteiger partial charge in [0.05, 0.1) is 5.69 Å². The number of hydrogen-bond donors (Lipinski definition) is 2. The number of carbonyl (C=O) groups excluding carboxylic acids is 1. The van der Waals surface area contributed by atoms with E-state index >= 15 is 0 Å². The van der Waals surface area contributed by atoms with Crippen LogP contribution >= 0.6 is 12.4 Å². The van der Waals surface area contributed by atoms with Gasteiger partial charge in [0.15, 0.2) is 0 Å². The molecule has 1 aromatic heterocycles. The summed E-state index contributed by atoms with van der Waals surface area (Å²) in [7, 11) is 0. The van der Waals surface area contributed by atoms with Crippen LogP contribution in [0.2, 0.25) is 0 Å². The molecule has 2 N–H and O–H groups in total. The molecule has 0 unspecified atom stereocenters. The Bertz CT molecular complexity index is 551. The van der Waals surface area contributed by atoms with Crippen molar-refractivity contribution >= 4 is 18.3 Å². The predicted octanol–water partition coefficient (Wildman–Crippen LogP) is 0.638. The summed E-state index contributed by atoms with van der Waals surface area (Å²) in [6.07, 6.45) is 3.10. The lowest BCUT2D eigenvalue weighted by Crippen LogP contribution is -2.48. The van der Waals surface area contributed by atoms with E-state index in [4.69, 9.17) is 0 Å². The number of nitrogens with one attached hydrogen (secondary N) is 2. The summed E-state index contributed by atoms with van der Waals surface area (Å²) in [5, 5.41) is 10.2. The van der Waals surface area contributed by atoms with Gasteiger partial charge in [-0.3, -0.25) is 4.79 Å². The Balaban J connectivity index is 0.00000147. The number of amides is 1. The number of rotatable bonds is 4. The summed E-state index contributed by atoms with van der Waals surface area (Å²) >= 11 is 0. The highest BCUT2D eigenvalue weighted by atomic mass is 35.5. The molecule has 20 heavy (non-hydrogen) atoms. The van der Waals surface area contributed by atoms with E-state index in [9.17, 15) is 4.79 Å². The van der Waals surface area contributed by atoms with Crippen molar-refractivity contribution in [3.8, 4) is 5.69 Å². The minimum atomic E-state index is -0.0305. The van der Waals surface area contributed by atoms with Gasteiger partial charge in [-0.2, -0.15) is 5.10 Å². The van der Waals surface area contributed by atoms with Crippen LogP contribution in [0.1, 0.15) is 10.4 Å². The van der Waals surface area contributed by atoms with Crippen molar-refractivity contribution in [2.75, 3.05) is 19.6 Å². The Morgan fingerprint density at radius 2 is 2.10 bits per heavy atom. The van der Waals surface area contributed by atoms with Crippen molar-refractivity contribution in [2.24, 2.45) is 5.92 Å². The van der Waals surface area contributed by atoms with Gasteiger partial charge in [-0.05, 0) is 24.3 Å². The quantitative estimate of drug-likeness (QED) is 0.868. The molecular formula is C13H16ClN5O. The van der Waals surface area contributed by atoms with Gasteiger partial charge in [0.1, 0.15) is 12.7 Å². The van der Waals surface area contributed by atoms with E-state index < -0.39 is 0 Å². The molecule has 1 amide bonds. The van der Waals surface area contributed by atoms with Crippen molar-refractivity contribution in [1.82, 2.24) is 25.4 Å². The number of nitrogens with zero attached hydrogens (tertiary/aromatic N) is 3. The molecule has 7 heteroatoms. The highest BCUT2D eigenvalue weighted by molar-refractivity contribution is 5.94. The third kappa shape index (κ3) is 3.15. The topological polar surface area (TPSA) is 71.8 Å². The molecule has 3 rings (SSSR count). The zero-order chi connectivity index (χ0) is 13.1. The van der Waals surface area contributed by atoms with Gasteiger partial charge in [0.25, 0.3) is 5.91 Å². The number of hydrogen-bond acceptors (Lipinski definition) is 4. The van der Waals surface area contributed by atoms with Crippen LogP contribution in [0.3, 0.4) is 0 Å². The first-order valence-corrected chi connectivity index (χ1v) is 6.27. The van der Waals surface area contributed by atoms with Crippen LogP contribution in [0, 0.1) is 5.92 Å². The van der Waals surface area contributed by atoms with Gasteiger partial charge in [0, 0.05) is 31.1 Å². The van der Waals surface area contributed by atoms with Crippen molar-refractivity contribution in [3.05, 3.63) is 42.5 Å². The van der Waals surface area contributed by atoms with Gasteiger partial charge in [-0.15, -0.1) is 12.4 Å². The molecule has 2 aromatic rings. The van der Waals surface area contributed by atoms with Gasteiger partial charge >= 0.3 is 0 Å². The fourth-order valence-corrected chi connectivity index (χ4v) is 1.94. The van der Waals surface area contributed by atoms with Crippen molar-refractivity contribution in [1.29, 1.82) is 0 Å². The zero-order valence-corrected chi connectivity index (χ0v) is 11.6. The molecule has 0 spiro atoms. The molecule has 106 valence electrons. The van der Waals surface area contributed by atoms with Crippen molar-refractivity contribution < 1.29 is 4.79 Å². The lowest BCUT2D eigenvalue weighted by atomic mass is 10.0. The Morgan fingerprint density at radius 1 is 1.35 bits per heavy atom. The van der Waals surface area contributed by atoms with Crippen molar-refractivity contribution in [2.45, 2.75) is 0 Å². The first-order valence-electron chi connectivity index (χ1n) is 6.27. The van der Waals surface area contributed by atoms with Gasteiger partial charge in [-0.1, -0.05) is 0 Å². The normalized spacial score (nSPS) is 14.2. The average molecular weight is 294 g/mol. The lowest BCUT2D eigenvalue weighted by Gasteiger charge is -2.27. The minimum absolute atomic E-state index is 0. The molecule has 0 bridgehead atoms. The third-order valence-corrected chi connectivity index (χ3v) is 3.23. The number of carbonyl (C=O) groups is 1. The molecule has 6 nitrogen and oxygen atoms in total. The Morgan fingerprint density at radius 3 is 2.65 bits per heavy atom. The van der Waals surface area contributed by atoms with Crippen LogP contribution in [-0.4, -0.2) is 40.3 Å². The molecule has 0 atom stereocenters. The molecule has 1 saturated heterocycles. The number of benzene rings is 1. The van der Waals surface area contributed by atoms with E-state index in [0.717, 1.165) is 25.3 Å². The summed E-state index contributed by atoms with van der Waals surface area (Å²) in [5.41, 5.74) is 1.55. The fourth-order valence-electron chi connectivity index (χ4n) is 1.94. The average Bonchev–Trinajstić information content (AvgIpc) is 2.91. The fraction of sp³-hybridized carbons (Fsp3) is 0.308. The van der Waals surface area contributed by atoms with Crippen LogP contribution in [0.15, 0.2) is 36.9 Å². The van der Waals surface area contributed by atoms with Gasteiger partial charge in [0.2, 0.25) is 0 Å². The molecule has 2 heterocycles. The largest absolute Gasteiger partial charge is 0.352 e. The second kappa shape index (κ2) is 6.49. The second-order valence-electron chi connectivity index (χ2n) is 4.62. The first kappa shape index (κ1) is 14.5. The zero-order valence-electron chi connectivity index (χ0n) is 10.8. The number of halogens is 1. The minimum Gasteiger partial charge on any atom is -0.352 e. The van der Waals surface area contributed by atoms with Crippen molar-refractivity contribution in [3.63, 3.8) is 0 Å². The molecule has 1 aromatic carbocycles. The molecule has 1 aliphatic rings. The SMILES string of the molecule is Cl.O=C(NCC1CNC1)c1ccc(-n2cncn2)cc1. The second-order valence-corrected chi connectivity index (χ2v) is 4.62. The van der Waals surface area contributed by atoms with Crippen LogP contribution < -0.4 is 10.6 Å². The highest BCUT2D eigenvalue weighted by Gasteiger charge is 2.17. The van der Waals surface area contributed by atoms with Gasteiger partial charge < -0.3 is 10.6 Å². The molecular weight excluding hydrogens is 278 g/mol. The Hall–Kier alpha value is -1.92. The number of aromatic nitrogens is 3. The maximum Gasteiger partial charge on any atom is 0.251 e. The van der Waals surface area contributed by atoms with E-state index in [-0.39, 0.29) is 18.3 Å². The summed E-state index contributed by atoms with van der Waals surface area (Å²) < 4.78 is 1.65. The summed E-state index contributed by atoms with van der Waals surface area (Å²) in [6, 6.07) is 7.31. The van der Waals surface area contributed by atoms with Crippen LogP contribution in [0.4, 0.5) is 0 Å². The summed E-state index contributed by atoms with van der Waals surface area (Å²) in [4.78, 5) is 15.8. The summed E-state index contributed by atoms with van der Waals surface area (Å²) in [5.74, 6) is 0.537. The maximum atomic E-state index is 11.9. The first-order chi connectivity index (χ1) is 9.33. The van der Waals surface area contributed by atoms with E-state index in [1.807, 2.05) is 12.1 Å². The lowest BCUT2D eigenvalue weighted by molar-refractivity contribution is 0.0942. The maximum absolute atomic E-state index is 11.9. The van der Waals surface area contributed by atoms with E-state index in [2.05, 4.69) is 20.7 Å². The van der Waals surface area contributed by atoms with Crippen LogP contribution in [0.5, 0.6) is 0 Å². The van der Waals surface area contributed by atoms with E-state index in [1.165, 1.54) is 6.33 Å². The predicted molar refractivity (Wildman–Crippen MR) is 77.3 cm³/mol. The Labute approximate surface area is 123 Å². The molecule has 1 aliphatic heterocycles. The third-order valence-electron chi connectivity index (χ3n) is 3.23. The van der Waals surface area contributed by atoms with Gasteiger partial charge in [-0.25, -0.2) is 9.67 Å². The van der Waals surface area contributed by atoms with E-state index in [0.29, 0.717) is 11.5 Å². The smallest absolute Gasteiger partial charge is 0.251 e. The molecule has 0 saturated carbocycles. The van der Waals surface area contributed by atoms with Crippen LogP contribution in [-0.2, 0) is 0 Å². The summed E-state index contributed by atoms with van der Waals surface area (Å²) in [6.45, 7) is 2.72. The monoisotopic (exact) mass is 293 g/mol. The van der Waals surface area contributed by atoms with E-state index in [1.54, 1.807) is 23.1 Å².